The first-order valence-electron chi connectivity index (χ1n) is 7.08. The number of rotatable bonds is 5. The van der Waals surface area contributed by atoms with Crippen LogP contribution in [0.3, 0.4) is 0 Å². The average molecular weight is 364 g/mol. The zero-order valence-corrected chi connectivity index (χ0v) is 13.3. The number of alkyl halides is 3. The van der Waals surface area contributed by atoms with Gasteiger partial charge in [-0.05, 0) is 18.2 Å². The SMILES string of the molecule is COC(=O)c1cc(C=O)nc(-c2ccccc2OCC(F)(F)F)c1C#N. The van der Waals surface area contributed by atoms with E-state index in [1.807, 2.05) is 0 Å². The fourth-order valence-corrected chi connectivity index (χ4v) is 2.15. The summed E-state index contributed by atoms with van der Waals surface area (Å²) >= 11 is 0. The first-order valence-corrected chi connectivity index (χ1v) is 7.08. The molecule has 0 aliphatic heterocycles. The van der Waals surface area contributed by atoms with Gasteiger partial charge in [0.2, 0.25) is 0 Å². The van der Waals surface area contributed by atoms with E-state index in [0.717, 1.165) is 13.2 Å². The summed E-state index contributed by atoms with van der Waals surface area (Å²) in [6.45, 7) is -1.55. The second-order valence-electron chi connectivity index (χ2n) is 4.94. The highest BCUT2D eigenvalue weighted by atomic mass is 19.4. The zero-order chi connectivity index (χ0) is 19.3. The van der Waals surface area contributed by atoms with E-state index in [-0.39, 0.29) is 33.8 Å². The molecule has 1 heterocycles. The number of nitriles is 1. The lowest BCUT2D eigenvalue weighted by Gasteiger charge is -2.14. The summed E-state index contributed by atoms with van der Waals surface area (Å²) in [4.78, 5) is 27.0. The Kier molecular flexibility index (Phi) is 5.57. The Labute approximate surface area is 145 Å². The number of carbonyl (C=O) groups excluding carboxylic acids is 2. The smallest absolute Gasteiger partial charge is 0.422 e. The van der Waals surface area contributed by atoms with E-state index in [9.17, 15) is 28.0 Å². The molecule has 0 spiro atoms. The van der Waals surface area contributed by atoms with E-state index in [2.05, 4.69) is 9.72 Å². The minimum atomic E-state index is -4.57. The maximum Gasteiger partial charge on any atom is 0.422 e. The summed E-state index contributed by atoms with van der Waals surface area (Å²) in [6, 6.07) is 8.39. The highest BCUT2D eigenvalue weighted by Crippen LogP contribution is 2.33. The number of para-hydroxylation sites is 1. The van der Waals surface area contributed by atoms with Crippen molar-refractivity contribution in [1.82, 2.24) is 4.98 Å². The van der Waals surface area contributed by atoms with Crippen LogP contribution in [0.2, 0.25) is 0 Å². The van der Waals surface area contributed by atoms with Crippen LogP contribution >= 0.6 is 0 Å². The predicted molar refractivity (Wildman–Crippen MR) is 82.7 cm³/mol. The maximum atomic E-state index is 12.5. The molecule has 0 saturated carbocycles. The van der Waals surface area contributed by atoms with Gasteiger partial charge in [0.1, 0.15) is 17.5 Å². The van der Waals surface area contributed by atoms with Gasteiger partial charge in [-0.3, -0.25) is 4.79 Å². The standard InChI is InChI=1S/C17H11F3N2O4/c1-25-16(24)12-6-10(8-23)22-15(13(12)7-21)11-4-2-3-5-14(11)26-9-17(18,19)20/h2-6,8H,9H2,1H3. The van der Waals surface area contributed by atoms with Gasteiger partial charge in [-0.15, -0.1) is 0 Å². The Morgan fingerprint density at radius 3 is 2.62 bits per heavy atom. The number of aromatic nitrogens is 1. The minimum absolute atomic E-state index is 0.0298. The third-order valence-corrected chi connectivity index (χ3v) is 3.21. The Balaban J connectivity index is 2.67. The molecule has 6 nitrogen and oxygen atoms in total. The Morgan fingerprint density at radius 1 is 1.35 bits per heavy atom. The molecule has 26 heavy (non-hydrogen) atoms. The lowest BCUT2D eigenvalue weighted by Crippen LogP contribution is -2.19. The lowest BCUT2D eigenvalue weighted by atomic mass is 10.00. The second kappa shape index (κ2) is 7.65. The molecule has 0 fully saturated rings. The van der Waals surface area contributed by atoms with Crippen molar-refractivity contribution in [3.05, 3.63) is 47.2 Å². The van der Waals surface area contributed by atoms with Crippen LogP contribution in [0, 0.1) is 11.3 Å². The van der Waals surface area contributed by atoms with E-state index in [1.54, 1.807) is 6.07 Å². The van der Waals surface area contributed by atoms with Crippen LogP contribution in [0.1, 0.15) is 26.4 Å². The molecule has 0 atom stereocenters. The monoisotopic (exact) mass is 364 g/mol. The number of halogens is 3. The van der Waals surface area contributed by atoms with E-state index in [4.69, 9.17) is 4.74 Å². The van der Waals surface area contributed by atoms with E-state index in [0.29, 0.717) is 6.29 Å². The number of aldehydes is 1. The van der Waals surface area contributed by atoms with Crippen molar-refractivity contribution in [2.45, 2.75) is 6.18 Å². The van der Waals surface area contributed by atoms with Crippen LogP contribution in [0.4, 0.5) is 13.2 Å². The molecule has 1 aromatic carbocycles. The Morgan fingerprint density at radius 2 is 2.04 bits per heavy atom. The van der Waals surface area contributed by atoms with Crippen molar-refractivity contribution >= 4 is 12.3 Å². The molecule has 2 aromatic rings. The number of hydrogen-bond acceptors (Lipinski definition) is 6. The van der Waals surface area contributed by atoms with Gasteiger partial charge in [0, 0.05) is 5.56 Å². The van der Waals surface area contributed by atoms with Gasteiger partial charge in [-0.1, -0.05) is 12.1 Å². The number of pyridine rings is 1. The predicted octanol–water partition coefficient (Wildman–Crippen LogP) is 3.16. The fourth-order valence-electron chi connectivity index (χ4n) is 2.15. The van der Waals surface area contributed by atoms with Crippen molar-refractivity contribution in [3.8, 4) is 23.1 Å². The van der Waals surface area contributed by atoms with Gasteiger partial charge in [0.15, 0.2) is 12.9 Å². The van der Waals surface area contributed by atoms with E-state index < -0.39 is 18.8 Å². The van der Waals surface area contributed by atoms with Crippen LogP contribution in [0.15, 0.2) is 30.3 Å². The summed E-state index contributed by atoms with van der Waals surface area (Å²) in [7, 11) is 1.09. The lowest BCUT2D eigenvalue weighted by molar-refractivity contribution is -0.153. The minimum Gasteiger partial charge on any atom is -0.483 e. The summed E-state index contributed by atoms with van der Waals surface area (Å²) in [6.07, 6.45) is -4.23. The topological polar surface area (TPSA) is 89.3 Å². The second-order valence-corrected chi connectivity index (χ2v) is 4.94. The molecular weight excluding hydrogens is 353 g/mol. The number of benzene rings is 1. The maximum absolute atomic E-state index is 12.5. The first-order chi connectivity index (χ1) is 12.3. The highest BCUT2D eigenvalue weighted by molar-refractivity contribution is 5.96. The molecule has 0 unspecified atom stereocenters. The highest BCUT2D eigenvalue weighted by Gasteiger charge is 2.29. The Bertz CT molecular complexity index is 889. The number of hydrogen-bond donors (Lipinski definition) is 0. The van der Waals surface area contributed by atoms with Gasteiger partial charge in [-0.2, -0.15) is 18.4 Å². The van der Waals surface area contributed by atoms with Crippen LogP contribution in [0.5, 0.6) is 5.75 Å². The summed E-state index contributed by atoms with van der Waals surface area (Å²) in [5, 5.41) is 9.41. The molecule has 0 saturated heterocycles. The summed E-state index contributed by atoms with van der Waals surface area (Å²) in [5.74, 6) is -1.09. The molecule has 0 amide bonds. The van der Waals surface area contributed by atoms with E-state index >= 15 is 0 Å². The first kappa shape index (κ1) is 18.9. The number of ether oxygens (including phenoxy) is 2. The molecule has 0 bridgehead atoms. The molecular formula is C17H11F3N2O4. The summed E-state index contributed by atoms with van der Waals surface area (Å²) < 4.78 is 46.7. The number of esters is 1. The molecule has 0 N–H and O–H groups in total. The van der Waals surface area contributed by atoms with Crippen molar-refractivity contribution in [1.29, 1.82) is 5.26 Å². The molecule has 134 valence electrons. The van der Waals surface area contributed by atoms with Crippen LogP contribution in [-0.4, -0.2) is 37.1 Å². The van der Waals surface area contributed by atoms with Gasteiger partial charge >= 0.3 is 12.1 Å². The molecule has 0 radical (unpaired) electrons. The van der Waals surface area contributed by atoms with Crippen molar-refractivity contribution in [2.24, 2.45) is 0 Å². The molecule has 0 aliphatic rings. The zero-order valence-electron chi connectivity index (χ0n) is 13.3. The van der Waals surface area contributed by atoms with Crippen molar-refractivity contribution < 1.29 is 32.2 Å². The van der Waals surface area contributed by atoms with Gasteiger partial charge in [0.25, 0.3) is 0 Å². The Hall–Kier alpha value is -3.41. The van der Waals surface area contributed by atoms with Gasteiger partial charge in [-0.25, -0.2) is 9.78 Å². The van der Waals surface area contributed by atoms with Crippen LogP contribution < -0.4 is 4.74 Å². The number of carbonyl (C=O) groups is 2. The molecule has 0 aliphatic carbocycles. The normalized spacial score (nSPS) is 10.7. The van der Waals surface area contributed by atoms with Crippen molar-refractivity contribution in [3.63, 3.8) is 0 Å². The van der Waals surface area contributed by atoms with Crippen LogP contribution in [-0.2, 0) is 4.74 Å². The molecule has 2 rings (SSSR count). The van der Waals surface area contributed by atoms with Crippen LogP contribution in [0.25, 0.3) is 11.3 Å². The third kappa shape index (κ3) is 4.16. The van der Waals surface area contributed by atoms with E-state index in [1.165, 1.54) is 24.3 Å². The molecule has 9 heteroatoms. The van der Waals surface area contributed by atoms with Crippen molar-refractivity contribution in [2.75, 3.05) is 13.7 Å². The summed E-state index contributed by atoms with van der Waals surface area (Å²) in [5.41, 5.74) is -0.791. The largest absolute Gasteiger partial charge is 0.483 e. The van der Waals surface area contributed by atoms with Gasteiger partial charge in [0.05, 0.1) is 23.9 Å². The molecule has 1 aromatic heterocycles. The quantitative estimate of drug-likeness (QED) is 0.598. The third-order valence-electron chi connectivity index (χ3n) is 3.21. The fraction of sp³-hybridized carbons (Fsp3) is 0.176. The number of methoxy groups -OCH3 is 1. The van der Waals surface area contributed by atoms with Gasteiger partial charge < -0.3 is 9.47 Å². The number of nitrogens with zero attached hydrogens (tertiary/aromatic N) is 2. The average Bonchev–Trinajstić information content (AvgIpc) is 2.64.